The summed E-state index contributed by atoms with van der Waals surface area (Å²) < 4.78 is 0. The Morgan fingerprint density at radius 3 is 2.35 bits per heavy atom. The van der Waals surface area contributed by atoms with Crippen LogP contribution >= 0.6 is 0 Å². The van der Waals surface area contributed by atoms with Gasteiger partial charge in [-0.05, 0) is 64.6 Å². The zero-order chi connectivity index (χ0) is 24.4. The Labute approximate surface area is 203 Å². The Morgan fingerprint density at radius 1 is 1.12 bits per heavy atom. The lowest BCUT2D eigenvalue weighted by molar-refractivity contribution is -0.144. The van der Waals surface area contributed by atoms with E-state index in [9.17, 15) is 15.0 Å². The van der Waals surface area contributed by atoms with E-state index in [2.05, 4.69) is 59.5 Å². The first-order chi connectivity index (χ1) is 16.2. The molecule has 1 heterocycles. The molecule has 34 heavy (non-hydrogen) atoms. The second kappa shape index (κ2) is 10.2. The van der Waals surface area contributed by atoms with Crippen molar-refractivity contribution in [3.63, 3.8) is 0 Å². The highest BCUT2D eigenvalue weighted by atomic mass is 16.3. The van der Waals surface area contributed by atoms with E-state index in [1.165, 1.54) is 5.56 Å². The van der Waals surface area contributed by atoms with Crippen LogP contribution in [0.5, 0.6) is 0 Å². The standard InChI is InChI=1S/C26H42N4O4/c1-28(2)26(21-7-4-3-5-8-21)14-12-24(13-15-26)19-29(17-9-22(32)27-16-18-31)23(33)30(24)20-25(34)10-6-11-25/h3-5,7-8,23,31,33-34H,6,9-20H2,1-2H3,(H,27,32). The molecule has 1 atom stereocenters. The first kappa shape index (κ1) is 25.5. The van der Waals surface area contributed by atoms with Gasteiger partial charge in [0.25, 0.3) is 0 Å². The summed E-state index contributed by atoms with van der Waals surface area (Å²) in [5.41, 5.74) is 0.335. The maximum Gasteiger partial charge on any atom is 0.221 e. The predicted octanol–water partition coefficient (Wildman–Crippen LogP) is 1.06. The maximum absolute atomic E-state index is 12.1. The fraction of sp³-hybridized carbons (Fsp3) is 0.731. The summed E-state index contributed by atoms with van der Waals surface area (Å²) in [6, 6.07) is 10.7. The lowest BCUT2D eigenvalue weighted by atomic mass is 9.67. The molecule has 3 aliphatic rings. The van der Waals surface area contributed by atoms with Crippen LogP contribution in [-0.2, 0) is 10.3 Å². The number of hydrogen-bond donors (Lipinski definition) is 4. The number of aliphatic hydroxyl groups excluding tert-OH is 2. The monoisotopic (exact) mass is 474 g/mol. The molecule has 1 amide bonds. The lowest BCUT2D eigenvalue weighted by Gasteiger charge is -2.53. The average Bonchev–Trinajstić information content (AvgIpc) is 3.07. The van der Waals surface area contributed by atoms with E-state index in [-0.39, 0.29) is 36.6 Å². The van der Waals surface area contributed by atoms with Crippen LogP contribution in [0.15, 0.2) is 30.3 Å². The number of rotatable bonds is 9. The molecule has 0 bridgehead atoms. The van der Waals surface area contributed by atoms with Crippen molar-refractivity contribution in [3.8, 4) is 0 Å². The van der Waals surface area contributed by atoms with Gasteiger partial charge < -0.3 is 20.6 Å². The van der Waals surface area contributed by atoms with Gasteiger partial charge in [0.1, 0.15) is 0 Å². The third-order valence-electron chi connectivity index (χ3n) is 8.70. The third kappa shape index (κ3) is 4.90. The number of aliphatic hydroxyl groups is 3. The Balaban J connectivity index is 1.52. The number of β-amino-alcohol motifs (C(OH)–C–C–N with tert-alkyl or cyclic N) is 1. The first-order valence-electron chi connectivity index (χ1n) is 12.8. The van der Waals surface area contributed by atoms with Crippen molar-refractivity contribution >= 4 is 5.91 Å². The van der Waals surface area contributed by atoms with Crippen molar-refractivity contribution < 1.29 is 20.1 Å². The SMILES string of the molecule is CN(C)C1(c2ccccc2)CCC2(CC1)CN(CCC(=O)NCCO)C(O)N2CC1(O)CCC1. The molecular weight excluding hydrogens is 432 g/mol. The minimum atomic E-state index is -0.807. The lowest BCUT2D eigenvalue weighted by Crippen LogP contribution is -2.60. The van der Waals surface area contributed by atoms with Gasteiger partial charge in [0.15, 0.2) is 6.35 Å². The molecule has 8 nitrogen and oxygen atoms in total. The van der Waals surface area contributed by atoms with Gasteiger partial charge in [0, 0.05) is 43.7 Å². The van der Waals surface area contributed by atoms with Crippen LogP contribution in [0.2, 0.25) is 0 Å². The first-order valence-corrected chi connectivity index (χ1v) is 12.8. The van der Waals surface area contributed by atoms with Crippen molar-refractivity contribution in [1.82, 2.24) is 20.0 Å². The molecule has 8 heteroatoms. The minimum absolute atomic E-state index is 0.0475. The number of carbonyl (C=O) groups is 1. The van der Waals surface area contributed by atoms with Crippen LogP contribution < -0.4 is 5.32 Å². The summed E-state index contributed by atoms with van der Waals surface area (Å²) in [5, 5.41) is 34.0. The van der Waals surface area contributed by atoms with Crippen molar-refractivity contribution in [1.29, 1.82) is 0 Å². The second-order valence-electron chi connectivity index (χ2n) is 10.9. The molecule has 3 fully saturated rings. The highest BCUT2D eigenvalue weighted by molar-refractivity contribution is 5.76. The molecule has 1 aromatic carbocycles. The summed E-state index contributed by atoms with van der Waals surface area (Å²) in [5.74, 6) is -0.120. The number of hydrogen-bond acceptors (Lipinski definition) is 7. The smallest absolute Gasteiger partial charge is 0.221 e. The third-order valence-corrected chi connectivity index (χ3v) is 8.70. The van der Waals surface area contributed by atoms with E-state index in [0.717, 1.165) is 44.9 Å². The molecule has 2 saturated carbocycles. The van der Waals surface area contributed by atoms with Gasteiger partial charge in [-0.15, -0.1) is 0 Å². The largest absolute Gasteiger partial charge is 0.395 e. The topological polar surface area (TPSA) is 99.5 Å². The molecule has 1 aromatic rings. The van der Waals surface area contributed by atoms with Gasteiger partial charge in [0.05, 0.1) is 12.2 Å². The molecule has 0 aromatic heterocycles. The molecule has 1 spiro atoms. The summed E-state index contributed by atoms with van der Waals surface area (Å²) in [4.78, 5) is 18.6. The van der Waals surface area contributed by atoms with Crippen LogP contribution in [0.4, 0.5) is 0 Å². The number of benzene rings is 1. The summed E-state index contributed by atoms with van der Waals surface area (Å²) >= 11 is 0. The number of nitrogens with one attached hydrogen (secondary N) is 1. The molecule has 1 aliphatic heterocycles. The summed E-state index contributed by atoms with van der Waals surface area (Å²) in [7, 11) is 4.31. The zero-order valence-electron chi connectivity index (χ0n) is 20.7. The molecule has 1 saturated heterocycles. The van der Waals surface area contributed by atoms with E-state index >= 15 is 0 Å². The number of nitrogens with zero attached hydrogens (tertiary/aromatic N) is 3. The fourth-order valence-corrected chi connectivity index (χ4v) is 6.34. The average molecular weight is 475 g/mol. The second-order valence-corrected chi connectivity index (χ2v) is 10.9. The molecule has 4 rings (SSSR count). The van der Waals surface area contributed by atoms with Crippen molar-refractivity contribution in [2.45, 2.75) is 74.4 Å². The van der Waals surface area contributed by atoms with E-state index in [1.807, 2.05) is 4.90 Å². The zero-order valence-corrected chi connectivity index (χ0v) is 20.7. The van der Waals surface area contributed by atoms with Crippen LogP contribution in [0.1, 0.15) is 56.9 Å². The van der Waals surface area contributed by atoms with E-state index in [4.69, 9.17) is 5.11 Å². The summed E-state index contributed by atoms with van der Waals surface area (Å²) in [6.07, 6.45) is 5.83. The van der Waals surface area contributed by atoms with Crippen molar-refractivity contribution in [2.24, 2.45) is 0 Å². The van der Waals surface area contributed by atoms with Gasteiger partial charge >= 0.3 is 0 Å². The summed E-state index contributed by atoms with van der Waals surface area (Å²) in [6.45, 7) is 1.78. The normalized spacial score (nSPS) is 31.6. The van der Waals surface area contributed by atoms with Crippen LogP contribution in [-0.4, -0.2) is 100 Å². The van der Waals surface area contributed by atoms with Gasteiger partial charge in [-0.2, -0.15) is 0 Å². The Kier molecular flexibility index (Phi) is 7.67. The van der Waals surface area contributed by atoms with E-state index in [1.54, 1.807) is 0 Å². The number of carbonyl (C=O) groups excluding carboxylic acids is 1. The van der Waals surface area contributed by atoms with Crippen LogP contribution in [0, 0.1) is 0 Å². The molecule has 190 valence electrons. The highest BCUT2D eigenvalue weighted by Crippen LogP contribution is 2.50. The molecule has 2 aliphatic carbocycles. The predicted molar refractivity (Wildman–Crippen MR) is 131 cm³/mol. The molecule has 0 radical (unpaired) electrons. The highest BCUT2D eigenvalue weighted by Gasteiger charge is 2.56. The van der Waals surface area contributed by atoms with Crippen molar-refractivity contribution in [2.75, 3.05) is 46.9 Å². The van der Waals surface area contributed by atoms with E-state index in [0.29, 0.717) is 19.6 Å². The molecule has 4 N–H and O–H groups in total. The fourth-order valence-electron chi connectivity index (χ4n) is 6.34. The van der Waals surface area contributed by atoms with Gasteiger partial charge in [0.2, 0.25) is 5.91 Å². The van der Waals surface area contributed by atoms with Gasteiger partial charge in [-0.1, -0.05) is 30.3 Å². The molecular formula is C26H42N4O4. The van der Waals surface area contributed by atoms with E-state index < -0.39 is 12.0 Å². The number of amides is 1. The van der Waals surface area contributed by atoms with Crippen molar-refractivity contribution in [3.05, 3.63) is 35.9 Å². The minimum Gasteiger partial charge on any atom is -0.395 e. The molecule has 1 unspecified atom stereocenters. The van der Waals surface area contributed by atoms with Gasteiger partial charge in [-0.3, -0.25) is 19.5 Å². The van der Waals surface area contributed by atoms with Gasteiger partial charge in [-0.25, -0.2) is 0 Å². The Hall–Kier alpha value is -1.55. The Morgan fingerprint density at radius 2 is 1.79 bits per heavy atom. The maximum atomic E-state index is 12.1. The quantitative estimate of drug-likeness (QED) is 0.425. The Bertz CT molecular complexity index is 821. The van der Waals surface area contributed by atoms with Crippen LogP contribution in [0.3, 0.4) is 0 Å². The van der Waals surface area contributed by atoms with Crippen LogP contribution in [0.25, 0.3) is 0 Å².